The summed E-state index contributed by atoms with van der Waals surface area (Å²) in [5.74, 6) is -1.81. The van der Waals surface area contributed by atoms with Gasteiger partial charge in [-0.3, -0.25) is 14.4 Å². The first kappa shape index (κ1) is 21.4. The molecule has 4 aliphatic rings. The quantitative estimate of drug-likeness (QED) is 0.682. The maximum atomic E-state index is 12.8. The normalized spacial score (nSPS) is 44.6. The zero-order valence-electron chi connectivity index (χ0n) is 18.0. The van der Waals surface area contributed by atoms with E-state index in [9.17, 15) is 24.6 Å². The smallest absolute Gasteiger partial charge is 0.309 e. The monoisotopic (exact) mass is 416 g/mol. The Balaban J connectivity index is 1.74. The molecule has 4 aliphatic carbocycles. The Hall–Kier alpha value is -1.79. The number of esters is 1. The van der Waals surface area contributed by atoms with E-state index >= 15 is 0 Å². The Bertz CT molecular complexity index is 828. The number of rotatable bonds is 4. The molecule has 2 N–H and O–H groups in total. The number of aliphatic hydroxyl groups excluding tert-OH is 2. The van der Waals surface area contributed by atoms with Crippen molar-refractivity contribution in [1.82, 2.24) is 0 Å². The highest BCUT2D eigenvalue weighted by Crippen LogP contribution is 2.67. The first-order chi connectivity index (χ1) is 14.2. The summed E-state index contributed by atoms with van der Waals surface area (Å²) >= 11 is 0. The topological polar surface area (TPSA) is 101 Å². The largest absolute Gasteiger partial charge is 0.466 e. The van der Waals surface area contributed by atoms with E-state index in [1.165, 1.54) is 0 Å². The molecule has 0 saturated heterocycles. The van der Waals surface area contributed by atoms with Gasteiger partial charge in [-0.1, -0.05) is 25.5 Å². The van der Waals surface area contributed by atoms with Crippen LogP contribution in [0.25, 0.3) is 0 Å². The third-order valence-corrected chi connectivity index (χ3v) is 8.64. The fourth-order valence-electron chi connectivity index (χ4n) is 7.55. The lowest BCUT2D eigenvalue weighted by atomic mass is 9.46. The molecule has 30 heavy (non-hydrogen) atoms. The van der Waals surface area contributed by atoms with Gasteiger partial charge in [-0.2, -0.15) is 0 Å². The van der Waals surface area contributed by atoms with Crippen LogP contribution in [-0.4, -0.2) is 47.1 Å². The summed E-state index contributed by atoms with van der Waals surface area (Å²) in [6, 6.07) is 0. The summed E-state index contributed by atoms with van der Waals surface area (Å²) in [6.45, 7) is 5.48. The molecule has 0 radical (unpaired) electrons. The fraction of sp³-hybridized carbons (Fsp3) is 0.708. The summed E-state index contributed by atoms with van der Waals surface area (Å²) < 4.78 is 5.29. The lowest BCUT2D eigenvalue weighted by Crippen LogP contribution is -2.56. The lowest BCUT2D eigenvalue weighted by Gasteiger charge is -2.58. The molecule has 3 fully saturated rings. The van der Waals surface area contributed by atoms with Crippen molar-refractivity contribution in [3.05, 3.63) is 23.8 Å². The van der Waals surface area contributed by atoms with Crippen molar-refractivity contribution < 1.29 is 29.3 Å². The fourth-order valence-corrected chi connectivity index (χ4v) is 7.55. The molecule has 0 bridgehead atoms. The predicted molar refractivity (Wildman–Crippen MR) is 109 cm³/mol. The number of carbonyl (C=O) groups excluding carboxylic acids is 3. The standard InChI is InChI=1S/C24H32O6/c1-4-30-22(29)16-10-17-15-6-5-13-9-14(26)7-8-23(13,2)20(15)18(27)11-24(17,3)21(16)19(28)12-25/h7-9,15-18,20-21,25,27H,4-6,10-12H2,1-3H3/t15?,16-,17?,18+,20?,21-,23+,24+/m1/s1. The number of hydrogen-bond acceptors (Lipinski definition) is 6. The van der Waals surface area contributed by atoms with Gasteiger partial charge in [0.25, 0.3) is 0 Å². The van der Waals surface area contributed by atoms with Crippen LogP contribution in [0.1, 0.15) is 46.5 Å². The Morgan fingerprint density at radius 1 is 1.30 bits per heavy atom. The van der Waals surface area contributed by atoms with E-state index in [0.717, 1.165) is 18.4 Å². The van der Waals surface area contributed by atoms with Crippen LogP contribution in [0.15, 0.2) is 23.8 Å². The molecule has 4 rings (SSSR count). The number of aliphatic hydroxyl groups is 2. The van der Waals surface area contributed by atoms with Crippen LogP contribution in [-0.2, 0) is 19.1 Å². The number of allylic oxidation sites excluding steroid dienone is 4. The zero-order chi connectivity index (χ0) is 21.8. The van der Waals surface area contributed by atoms with E-state index in [4.69, 9.17) is 4.74 Å². The molecule has 6 nitrogen and oxygen atoms in total. The number of ketones is 2. The van der Waals surface area contributed by atoms with Crippen molar-refractivity contribution in [2.75, 3.05) is 13.2 Å². The van der Waals surface area contributed by atoms with Crippen molar-refractivity contribution in [2.24, 2.45) is 40.4 Å². The average molecular weight is 417 g/mol. The van der Waals surface area contributed by atoms with Crippen LogP contribution in [0.3, 0.4) is 0 Å². The van der Waals surface area contributed by atoms with Crippen LogP contribution >= 0.6 is 0 Å². The lowest BCUT2D eigenvalue weighted by molar-refractivity contribution is -0.155. The van der Waals surface area contributed by atoms with Crippen molar-refractivity contribution in [3.63, 3.8) is 0 Å². The van der Waals surface area contributed by atoms with Gasteiger partial charge in [0, 0.05) is 17.3 Å². The van der Waals surface area contributed by atoms with E-state index in [2.05, 4.69) is 6.92 Å². The van der Waals surface area contributed by atoms with Crippen LogP contribution in [0.2, 0.25) is 0 Å². The molecule has 0 aromatic rings. The Kier molecular flexibility index (Phi) is 5.30. The second-order valence-corrected chi connectivity index (χ2v) is 10.00. The van der Waals surface area contributed by atoms with Crippen molar-refractivity contribution in [2.45, 2.75) is 52.6 Å². The van der Waals surface area contributed by atoms with Crippen LogP contribution in [0.5, 0.6) is 0 Å². The van der Waals surface area contributed by atoms with E-state index in [-0.39, 0.29) is 41.9 Å². The second-order valence-electron chi connectivity index (χ2n) is 10.00. The number of fused-ring (bicyclic) bond motifs is 5. The highest BCUT2D eigenvalue weighted by atomic mass is 16.5. The van der Waals surface area contributed by atoms with Crippen LogP contribution < -0.4 is 0 Å². The number of ether oxygens (including phenoxy) is 1. The minimum absolute atomic E-state index is 0.00656. The van der Waals surface area contributed by atoms with Gasteiger partial charge in [0.2, 0.25) is 0 Å². The second kappa shape index (κ2) is 7.41. The van der Waals surface area contributed by atoms with Gasteiger partial charge in [-0.05, 0) is 62.0 Å². The molecule has 0 aromatic heterocycles. The predicted octanol–water partition coefficient (Wildman–Crippen LogP) is 2.23. The Morgan fingerprint density at radius 2 is 2.03 bits per heavy atom. The highest BCUT2D eigenvalue weighted by molar-refractivity contribution is 6.01. The maximum absolute atomic E-state index is 12.8. The Morgan fingerprint density at radius 3 is 2.70 bits per heavy atom. The summed E-state index contributed by atoms with van der Waals surface area (Å²) in [7, 11) is 0. The molecule has 0 heterocycles. The molecule has 6 heteroatoms. The number of carbonyl (C=O) groups is 3. The van der Waals surface area contributed by atoms with E-state index in [1.807, 2.05) is 13.0 Å². The minimum atomic E-state index is -0.655. The summed E-state index contributed by atoms with van der Waals surface area (Å²) in [6.07, 6.45) is 7.13. The van der Waals surface area contributed by atoms with Gasteiger partial charge in [-0.15, -0.1) is 0 Å². The maximum Gasteiger partial charge on any atom is 0.309 e. The van der Waals surface area contributed by atoms with E-state index in [1.54, 1.807) is 19.1 Å². The van der Waals surface area contributed by atoms with Gasteiger partial charge in [0.05, 0.1) is 18.6 Å². The van der Waals surface area contributed by atoms with Gasteiger partial charge >= 0.3 is 5.97 Å². The summed E-state index contributed by atoms with van der Waals surface area (Å²) in [5, 5.41) is 21.0. The van der Waals surface area contributed by atoms with Crippen molar-refractivity contribution in [1.29, 1.82) is 0 Å². The molecule has 3 unspecified atom stereocenters. The van der Waals surface area contributed by atoms with Crippen LogP contribution in [0, 0.1) is 40.4 Å². The van der Waals surface area contributed by atoms with Gasteiger partial charge in [-0.25, -0.2) is 0 Å². The van der Waals surface area contributed by atoms with E-state index in [0.29, 0.717) is 12.8 Å². The first-order valence-electron chi connectivity index (χ1n) is 11.1. The molecule has 0 amide bonds. The van der Waals surface area contributed by atoms with E-state index < -0.39 is 35.4 Å². The Labute approximate surface area is 177 Å². The summed E-state index contributed by atoms with van der Waals surface area (Å²) in [5.41, 5.74) is 0.112. The number of Topliss-reactive ketones (excluding diaryl/α,β-unsaturated/α-hetero) is 1. The average Bonchev–Trinajstić information content (AvgIpc) is 3.00. The summed E-state index contributed by atoms with van der Waals surface area (Å²) in [4.78, 5) is 37.5. The zero-order valence-corrected chi connectivity index (χ0v) is 18.0. The SMILES string of the molecule is CCOC(=O)[C@@H]1CC2C3CCC4=CC(=O)C=C[C@]4(C)C3[C@@H](O)C[C@]2(C)[C@H]1C(=O)CO. The van der Waals surface area contributed by atoms with Crippen LogP contribution in [0.4, 0.5) is 0 Å². The molecule has 8 atom stereocenters. The van der Waals surface area contributed by atoms with Gasteiger partial charge < -0.3 is 14.9 Å². The number of hydrogen-bond donors (Lipinski definition) is 2. The van der Waals surface area contributed by atoms with Crippen molar-refractivity contribution >= 4 is 17.5 Å². The highest BCUT2D eigenvalue weighted by Gasteiger charge is 2.66. The molecule has 0 spiro atoms. The molecular weight excluding hydrogens is 384 g/mol. The van der Waals surface area contributed by atoms with Crippen molar-refractivity contribution in [3.8, 4) is 0 Å². The molecular formula is C24H32O6. The molecule has 164 valence electrons. The third kappa shape index (κ3) is 2.94. The first-order valence-corrected chi connectivity index (χ1v) is 11.1. The minimum Gasteiger partial charge on any atom is -0.466 e. The molecule has 0 aliphatic heterocycles. The molecule has 0 aromatic carbocycles. The van der Waals surface area contributed by atoms with Gasteiger partial charge in [0.1, 0.15) is 6.61 Å². The molecule has 3 saturated carbocycles. The third-order valence-electron chi connectivity index (χ3n) is 8.64. The van der Waals surface area contributed by atoms with Gasteiger partial charge in [0.15, 0.2) is 11.6 Å².